The van der Waals surface area contributed by atoms with Crippen LogP contribution in [0.3, 0.4) is 0 Å². The Hall–Kier alpha value is -3.63. The van der Waals surface area contributed by atoms with Gasteiger partial charge in [-0.25, -0.2) is 12.8 Å². The number of rotatable bonds is 10. The molecule has 0 heterocycles. The normalized spacial score (nSPS) is 11.9. The molecular formula is C26H27ClFN3O5S. The molecule has 11 heteroatoms. The molecule has 3 aromatic carbocycles. The number of ether oxygens (including phenoxy) is 1. The Labute approximate surface area is 220 Å². The van der Waals surface area contributed by atoms with E-state index in [2.05, 4.69) is 5.32 Å². The quantitative estimate of drug-likeness (QED) is 0.416. The van der Waals surface area contributed by atoms with Crippen LogP contribution < -0.4 is 14.4 Å². The number of benzene rings is 3. The molecule has 3 aromatic rings. The molecule has 1 unspecified atom stereocenters. The molecule has 0 radical (unpaired) electrons. The molecule has 0 aliphatic rings. The lowest BCUT2D eigenvalue weighted by atomic mass is 10.1. The van der Waals surface area contributed by atoms with E-state index in [9.17, 15) is 22.4 Å². The van der Waals surface area contributed by atoms with Crippen molar-refractivity contribution in [2.45, 2.75) is 24.4 Å². The number of amides is 2. The lowest BCUT2D eigenvalue weighted by molar-refractivity contribution is -0.139. The highest BCUT2D eigenvalue weighted by Gasteiger charge is 2.32. The van der Waals surface area contributed by atoms with Gasteiger partial charge < -0.3 is 15.0 Å². The highest BCUT2D eigenvalue weighted by Crippen LogP contribution is 2.28. The molecule has 196 valence electrons. The molecule has 8 nitrogen and oxygen atoms in total. The number of carbonyl (C=O) groups is 2. The van der Waals surface area contributed by atoms with Crippen LogP contribution >= 0.6 is 11.6 Å². The van der Waals surface area contributed by atoms with Gasteiger partial charge in [-0.2, -0.15) is 0 Å². The second-order valence-electron chi connectivity index (χ2n) is 8.07. The fourth-order valence-corrected chi connectivity index (χ4v) is 5.23. The lowest BCUT2D eigenvalue weighted by Crippen LogP contribution is -2.50. The number of methoxy groups -OCH3 is 1. The third kappa shape index (κ3) is 6.58. The highest BCUT2D eigenvalue weighted by atomic mass is 35.5. The van der Waals surface area contributed by atoms with E-state index >= 15 is 0 Å². The van der Waals surface area contributed by atoms with Crippen molar-refractivity contribution < 1.29 is 27.1 Å². The van der Waals surface area contributed by atoms with Crippen LogP contribution in [0, 0.1) is 5.82 Å². The van der Waals surface area contributed by atoms with Gasteiger partial charge in [0.25, 0.3) is 10.0 Å². The van der Waals surface area contributed by atoms with E-state index in [0.717, 1.165) is 9.21 Å². The number of likely N-dealkylation sites (N-methyl/N-ethyl adjacent to an activating group) is 1. The summed E-state index contributed by atoms with van der Waals surface area (Å²) in [6.07, 6.45) is 0. The van der Waals surface area contributed by atoms with Gasteiger partial charge in [0.1, 0.15) is 24.2 Å². The maximum atomic E-state index is 14.4. The van der Waals surface area contributed by atoms with Gasteiger partial charge in [0.2, 0.25) is 11.8 Å². The van der Waals surface area contributed by atoms with Gasteiger partial charge in [-0.15, -0.1) is 0 Å². The second kappa shape index (κ2) is 12.1. The van der Waals surface area contributed by atoms with Crippen LogP contribution in [-0.2, 0) is 26.2 Å². The molecule has 0 fully saturated rings. The molecule has 1 atom stereocenters. The number of sulfonamides is 1. The maximum Gasteiger partial charge on any atom is 0.264 e. The predicted molar refractivity (Wildman–Crippen MR) is 139 cm³/mol. The Kier molecular flexibility index (Phi) is 9.12. The largest absolute Gasteiger partial charge is 0.497 e. The molecule has 0 aliphatic carbocycles. The monoisotopic (exact) mass is 547 g/mol. The van der Waals surface area contributed by atoms with E-state index in [-0.39, 0.29) is 27.7 Å². The highest BCUT2D eigenvalue weighted by molar-refractivity contribution is 7.92. The molecular weight excluding hydrogens is 521 g/mol. The molecule has 3 rings (SSSR count). The van der Waals surface area contributed by atoms with Gasteiger partial charge in [-0.05, 0) is 55.5 Å². The van der Waals surface area contributed by atoms with Gasteiger partial charge in [0.05, 0.1) is 17.7 Å². The van der Waals surface area contributed by atoms with Crippen molar-refractivity contribution in [3.05, 3.63) is 89.2 Å². The minimum absolute atomic E-state index is 0.0823. The average Bonchev–Trinajstić information content (AvgIpc) is 2.90. The first-order valence-corrected chi connectivity index (χ1v) is 13.1. The van der Waals surface area contributed by atoms with Crippen molar-refractivity contribution in [3.63, 3.8) is 0 Å². The first-order valence-electron chi connectivity index (χ1n) is 11.2. The molecule has 0 aromatic heterocycles. The molecule has 0 saturated carbocycles. The van der Waals surface area contributed by atoms with Gasteiger partial charge >= 0.3 is 0 Å². The molecule has 0 aliphatic heterocycles. The minimum atomic E-state index is -4.26. The topological polar surface area (TPSA) is 96.0 Å². The Bertz CT molecular complexity index is 1370. The van der Waals surface area contributed by atoms with Crippen LogP contribution in [0.15, 0.2) is 77.7 Å². The number of hydrogen-bond donors (Lipinski definition) is 1. The minimum Gasteiger partial charge on any atom is -0.497 e. The smallest absolute Gasteiger partial charge is 0.264 e. The van der Waals surface area contributed by atoms with Crippen molar-refractivity contribution in [3.8, 4) is 5.75 Å². The van der Waals surface area contributed by atoms with E-state index < -0.39 is 40.2 Å². The Balaban J connectivity index is 2.04. The van der Waals surface area contributed by atoms with Crippen LogP contribution in [0.4, 0.5) is 10.1 Å². The number of carbonyl (C=O) groups excluding carboxylic acids is 2. The number of nitrogens with one attached hydrogen (secondary N) is 1. The number of hydrogen-bond acceptors (Lipinski definition) is 5. The zero-order valence-electron chi connectivity index (χ0n) is 20.5. The third-order valence-electron chi connectivity index (χ3n) is 5.73. The predicted octanol–water partition coefficient (Wildman–Crippen LogP) is 3.85. The summed E-state index contributed by atoms with van der Waals surface area (Å²) in [5.41, 5.74) is 0.328. The van der Waals surface area contributed by atoms with Crippen LogP contribution in [0.5, 0.6) is 5.75 Å². The summed E-state index contributed by atoms with van der Waals surface area (Å²) < 4.78 is 47.9. The summed E-state index contributed by atoms with van der Waals surface area (Å²) in [5, 5.41) is 2.74. The first-order chi connectivity index (χ1) is 17.6. The standard InChI is InChI=1S/C26H27ClFN3O5S/c1-18(26(33)29-2)30(16-19-7-4-5-10-24(19)28)25(32)17-31(21-9-6-8-20(27)15-21)37(34,35)23-13-11-22(36-3)12-14-23/h4-15,18H,16-17H2,1-3H3,(H,29,33). The zero-order chi connectivity index (χ0) is 27.2. The summed E-state index contributed by atoms with van der Waals surface area (Å²) in [4.78, 5) is 27.1. The fraction of sp³-hybridized carbons (Fsp3) is 0.231. The summed E-state index contributed by atoms with van der Waals surface area (Å²) in [6.45, 7) is 0.579. The maximum absolute atomic E-state index is 14.4. The molecule has 2 amide bonds. The Morgan fingerprint density at radius 1 is 1.05 bits per heavy atom. The van der Waals surface area contributed by atoms with E-state index in [1.165, 1.54) is 75.7 Å². The summed E-state index contributed by atoms with van der Waals surface area (Å²) in [7, 11) is -1.39. The van der Waals surface area contributed by atoms with E-state index in [0.29, 0.717) is 5.75 Å². The van der Waals surface area contributed by atoms with Crippen molar-refractivity contribution in [2.75, 3.05) is 25.0 Å². The van der Waals surface area contributed by atoms with Crippen LogP contribution in [0.25, 0.3) is 0 Å². The average molecular weight is 548 g/mol. The molecule has 1 N–H and O–H groups in total. The third-order valence-corrected chi connectivity index (χ3v) is 7.76. The molecule has 0 saturated heterocycles. The molecule has 37 heavy (non-hydrogen) atoms. The van der Waals surface area contributed by atoms with Gasteiger partial charge in [-0.1, -0.05) is 35.9 Å². The summed E-state index contributed by atoms with van der Waals surface area (Å²) in [6, 6.07) is 16.6. The molecule has 0 spiro atoms. The SMILES string of the molecule is CNC(=O)C(C)N(Cc1ccccc1F)C(=O)CN(c1cccc(Cl)c1)S(=O)(=O)c1ccc(OC)cc1. The zero-order valence-corrected chi connectivity index (χ0v) is 22.1. The second-order valence-corrected chi connectivity index (χ2v) is 10.4. The lowest BCUT2D eigenvalue weighted by Gasteiger charge is -2.31. The van der Waals surface area contributed by atoms with Crippen molar-refractivity contribution >= 4 is 39.1 Å². The number of anilines is 1. The van der Waals surface area contributed by atoms with E-state index in [1.54, 1.807) is 18.2 Å². The fourth-order valence-electron chi connectivity index (χ4n) is 3.64. The first kappa shape index (κ1) is 27.9. The van der Waals surface area contributed by atoms with E-state index in [4.69, 9.17) is 16.3 Å². The van der Waals surface area contributed by atoms with Crippen molar-refractivity contribution in [2.24, 2.45) is 0 Å². The van der Waals surface area contributed by atoms with Crippen molar-refractivity contribution in [1.29, 1.82) is 0 Å². The van der Waals surface area contributed by atoms with Gasteiger partial charge in [0, 0.05) is 24.2 Å². The Morgan fingerprint density at radius 3 is 2.32 bits per heavy atom. The Morgan fingerprint density at radius 2 is 1.73 bits per heavy atom. The van der Waals surface area contributed by atoms with E-state index in [1.807, 2.05) is 0 Å². The van der Waals surface area contributed by atoms with Gasteiger partial charge in [-0.3, -0.25) is 13.9 Å². The molecule has 0 bridgehead atoms. The van der Waals surface area contributed by atoms with Crippen LogP contribution in [-0.4, -0.2) is 51.9 Å². The van der Waals surface area contributed by atoms with Crippen molar-refractivity contribution in [1.82, 2.24) is 10.2 Å². The van der Waals surface area contributed by atoms with Crippen LogP contribution in [0.2, 0.25) is 5.02 Å². The summed E-state index contributed by atoms with van der Waals surface area (Å²) in [5.74, 6) is -1.30. The number of nitrogens with zero attached hydrogens (tertiary/aromatic N) is 2. The van der Waals surface area contributed by atoms with Gasteiger partial charge in [0.15, 0.2) is 0 Å². The summed E-state index contributed by atoms with van der Waals surface area (Å²) >= 11 is 6.13. The van der Waals surface area contributed by atoms with Crippen LogP contribution in [0.1, 0.15) is 12.5 Å². The number of halogens is 2.